The number of aryl methyl sites for hydroxylation is 2. The molecule has 0 radical (unpaired) electrons. The van der Waals surface area contributed by atoms with Gasteiger partial charge in [0.15, 0.2) is 5.82 Å². The summed E-state index contributed by atoms with van der Waals surface area (Å²) < 4.78 is 27.6. The largest absolute Gasteiger partial charge is 0.352 e. The zero-order valence-corrected chi connectivity index (χ0v) is 15.4. The Bertz CT molecular complexity index is 860. The first-order valence-corrected chi connectivity index (χ1v) is 10.5. The molecule has 24 heavy (non-hydrogen) atoms. The lowest BCUT2D eigenvalue weighted by molar-refractivity contribution is 0.384. The fraction of sp³-hybridized carbons (Fsp3) is 0.467. The van der Waals surface area contributed by atoms with E-state index in [0.717, 1.165) is 42.1 Å². The molecule has 9 heteroatoms. The number of thiophene rings is 1. The Balaban J connectivity index is 1.47. The van der Waals surface area contributed by atoms with Gasteiger partial charge in [-0.25, -0.2) is 8.42 Å². The first kappa shape index (κ1) is 16.3. The average Bonchev–Trinajstić information content (AvgIpc) is 3.23. The molecular weight excluding hydrogens is 368 g/mol. The van der Waals surface area contributed by atoms with Gasteiger partial charge in [0.1, 0.15) is 4.21 Å². The topological polar surface area (TPSA) is 66.4 Å². The molecule has 0 atom stereocenters. The van der Waals surface area contributed by atoms with Gasteiger partial charge in [-0.15, -0.1) is 16.4 Å². The Kier molecular flexibility index (Phi) is 4.24. The summed E-state index contributed by atoms with van der Waals surface area (Å²) in [6.45, 7) is 2.12. The summed E-state index contributed by atoms with van der Waals surface area (Å²) in [5.74, 6) is 0.854. The van der Waals surface area contributed by atoms with Crippen LogP contribution >= 0.6 is 22.9 Å². The van der Waals surface area contributed by atoms with Crippen molar-refractivity contribution in [3.05, 3.63) is 33.8 Å². The predicted molar refractivity (Wildman–Crippen MR) is 94.4 cm³/mol. The highest BCUT2D eigenvalue weighted by atomic mass is 35.5. The van der Waals surface area contributed by atoms with Crippen molar-refractivity contribution in [1.82, 2.24) is 14.5 Å². The molecule has 0 amide bonds. The first-order chi connectivity index (χ1) is 11.5. The van der Waals surface area contributed by atoms with E-state index in [0.29, 0.717) is 34.7 Å². The zero-order valence-electron chi connectivity index (χ0n) is 13.0. The van der Waals surface area contributed by atoms with Gasteiger partial charge in [0.25, 0.3) is 10.0 Å². The van der Waals surface area contributed by atoms with Gasteiger partial charge in [-0.05, 0) is 43.0 Å². The molecule has 1 aliphatic carbocycles. The highest BCUT2D eigenvalue weighted by Gasteiger charge is 2.30. The number of halogens is 1. The van der Waals surface area contributed by atoms with E-state index in [2.05, 4.69) is 21.2 Å². The summed E-state index contributed by atoms with van der Waals surface area (Å²) in [4.78, 5) is 2.11. The van der Waals surface area contributed by atoms with Gasteiger partial charge < -0.3 is 4.90 Å². The lowest BCUT2D eigenvalue weighted by atomic mass is 10.2. The van der Waals surface area contributed by atoms with Crippen LogP contribution in [0.5, 0.6) is 0 Å². The number of piperazine rings is 1. The van der Waals surface area contributed by atoms with Gasteiger partial charge in [-0.1, -0.05) is 11.6 Å². The SMILES string of the molecule is O=S(=O)(c1ccc(Cl)s1)N1CCN(c2cc3c(nn2)CCC3)CC1. The minimum atomic E-state index is -3.45. The highest BCUT2D eigenvalue weighted by molar-refractivity contribution is 7.91. The van der Waals surface area contributed by atoms with Crippen molar-refractivity contribution < 1.29 is 8.42 Å². The number of aromatic nitrogens is 2. The summed E-state index contributed by atoms with van der Waals surface area (Å²) in [6.07, 6.45) is 3.21. The number of anilines is 1. The van der Waals surface area contributed by atoms with Crippen molar-refractivity contribution in [3.63, 3.8) is 0 Å². The lowest BCUT2D eigenvalue weighted by Crippen LogP contribution is -2.48. The van der Waals surface area contributed by atoms with Crippen LogP contribution in [0.25, 0.3) is 0 Å². The number of hydrogen-bond donors (Lipinski definition) is 0. The molecule has 0 spiro atoms. The van der Waals surface area contributed by atoms with Crippen molar-refractivity contribution in [2.24, 2.45) is 0 Å². The second-order valence-electron chi connectivity index (χ2n) is 5.98. The summed E-state index contributed by atoms with van der Waals surface area (Å²) in [5.41, 5.74) is 2.39. The average molecular weight is 385 g/mol. The molecular formula is C15H17ClN4O2S2. The first-order valence-electron chi connectivity index (χ1n) is 7.90. The molecule has 128 valence electrons. The third-order valence-corrected chi connectivity index (χ3v) is 8.11. The molecule has 0 N–H and O–H groups in total. The standard InChI is InChI=1S/C15H17ClN4O2S2/c16-13-4-5-15(23-13)24(21,22)20-8-6-19(7-9-20)14-10-11-2-1-3-12(11)17-18-14/h4-5,10H,1-3,6-9H2. The monoisotopic (exact) mass is 384 g/mol. The minimum absolute atomic E-state index is 0.304. The number of sulfonamides is 1. The molecule has 0 saturated carbocycles. The summed E-state index contributed by atoms with van der Waals surface area (Å²) in [7, 11) is -3.45. The number of fused-ring (bicyclic) bond motifs is 1. The summed E-state index contributed by atoms with van der Waals surface area (Å²) in [5, 5.41) is 8.63. The Morgan fingerprint density at radius 2 is 1.88 bits per heavy atom. The van der Waals surface area contributed by atoms with Gasteiger partial charge in [-0.2, -0.15) is 9.40 Å². The summed E-state index contributed by atoms with van der Waals surface area (Å²) >= 11 is 6.97. The molecule has 6 nitrogen and oxygen atoms in total. The van der Waals surface area contributed by atoms with Crippen LogP contribution in [0.15, 0.2) is 22.4 Å². The number of hydrogen-bond acceptors (Lipinski definition) is 6. The van der Waals surface area contributed by atoms with Crippen LogP contribution in [0, 0.1) is 0 Å². The number of nitrogens with zero attached hydrogens (tertiary/aromatic N) is 4. The van der Waals surface area contributed by atoms with E-state index in [1.54, 1.807) is 12.1 Å². The second-order valence-corrected chi connectivity index (χ2v) is 9.86. The molecule has 0 aromatic carbocycles. The fourth-order valence-electron chi connectivity index (χ4n) is 3.19. The fourth-order valence-corrected chi connectivity index (χ4v) is 6.25. The normalized spacial score (nSPS) is 18.8. The summed E-state index contributed by atoms with van der Waals surface area (Å²) in [6, 6.07) is 5.30. The van der Waals surface area contributed by atoms with Gasteiger partial charge in [0.2, 0.25) is 0 Å². The third-order valence-electron chi connectivity index (χ3n) is 4.51. The van der Waals surface area contributed by atoms with Gasteiger partial charge in [0.05, 0.1) is 10.0 Å². The Hall–Kier alpha value is -1.22. The van der Waals surface area contributed by atoms with Crippen molar-refractivity contribution in [3.8, 4) is 0 Å². The maximum Gasteiger partial charge on any atom is 0.252 e. The van der Waals surface area contributed by atoms with Crippen LogP contribution in [-0.4, -0.2) is 49.1 Å². The van der Waals surface area contributed by atoms with E-state index < -0.39 is 10.0 Å². The van der Waals surface area contributed by atoms with Gasteiger partial charge in [0, 0.05) is 26.2 Å². The van der Waals surface area contributed by atoms with Crippen LogP contribution in [0.2, 0.25) is 4.34 Å². The van der Waals surface area contributed by atoms with Crippen LogP contribution in [0.4, 0.5) is 5.82 Å². The van der Waals surface area contributed by atoms with Crippen LogP contribution in [-0.2, 0) is 22.9 Å². The van der Waals surface area contributed by atoms with Crippen LogP contribution in [0.3, 0.4) is 0 Å². The maximum atomic E-state index is 12.6. The molecule has 2 aromatic heterocycles. The van der Waals surface area contributed by atoms with Gasteiger partial charge in [-0.3, -0.25) is 0 Å². The van der Waals surface area contributed by atoms with Crippen LogP contribution < -0.4 is 4.90 Å². The van der Waals surface area contributed by atoms with E-state index in [1.165, 1.54) is 9.87 Å². The second kappa shape index (κ2) is 6.25. The molecule has 1 saturated heterocycles. The molecule has 2 aromatic rings. The molecule has 0 unspecified atom stereocenters. The van der Waals surface area contributed by atoms with Crippen molar-refractivity contribution in [2.45, 2.75) is 23.5 Å². The zero-order chi connectivity index (χ0) is 16.7. The van der Waals surface area contributed by atoms with E-state index >= 15 is 0 Å². The molecule has 1 aliphatic heterocycles. The molecule has 3 heterocycles. The lowest BCUT2D eigenvalue weighted by Gasteiger charge is -2.34. The quantitative estimate of drug-likeness (QED) is 0.811. The van der Waals surface area contributed by atoms with Crippen molar-refractivity contribution >= 4 is 38.8 Å². The maximum absolute atomic E-state index is 12.6. The number of rotatable bonds is 3. The smallest absolute Gasteiger partial charge is 0.252 e. The van der Waals surface area contributed by atoms with Crippen molar-refractivity contribution in [2.75, 3.05) is 31.1 Å². The van der Waals surface area contributed by atoms with Crippen molar-refractivity contribution in [1.29, 1.82) is 0 Å². The van der Waals surface area contributed by atoms with E-state index in [1.807, 2.05) is 0 Å². The Labute approximate surface area is 150 Å². The Morgan fingerprint density at radius 1 is 1.08 bits per heavy atom. The highest BCUT2D eigenvalue weighted by Crippen LogP contribution is 2.29. The molecule has 1 fully saturated rings. The molecule has 4 rings (SSSR count). The molecule has 2 aliphatic rings. The predicted octanol–water partition coefficient (Wildman–Crippen LogP) is 2.19. The van der Waals surface area contributed by atoms with Gasteiger partial charge >= 0.3 is 0 Å². The molecule has 0 bridgehead atoms. The van der Waals surface area contributed by atoms with Crippen LogP contribution in [0.1, 0.15) is 17.7 Å². The van der Waals surface area contributed by atoms with E-state index in [-0.39, 0.29) is 0 Å². The Morgan fingerprint density at radius 3 is 2.58 bits per heavy atom. The minimum Gasteiger partial charge on any atom is -0.352 e. The third kappa shape index (κ3) is 2.92. The van der Waals surface area contributed by atoms with E-state index in [4.69, 9.17) is 11.6 Å². The van der Waals surface area contributed by atoms with E-state index in [9.17, 15) is 8.42 Å².